The largest absolute Gasteiger partial charge is 0.481 e. The summed E-state index contributed by atoms with van der Waals surface area (Å²) >= 11 is 0. The van der Waals surface area contributed by atoms with E-state index in [-0.39, 0.29) is 32.1 Å². The van der Waals surface area contributed by atoms with Gasteiger partial charge in [0, 0.05) is 19.6 Å². The number of aliphatic carboxylic acids is 1. The predicted molar refractivity (Wildman–Crippen MR) is 123 cm³/mol. The van der Waals surface area contributed by atoms with Gasteiger partial charge in [-0.15, -0.1) is 0 Å². The minimum atomic E-state index is -0.968. The summed E-state index contributed by atoms with van der Waals surface area (Å²) in [5.74, 6) is -1.50. The van der Waals surface area contributed by atoms with Crippen molar-refractivity contribution in [2.75, 3.05) is 26.9 Å². The zero-order valence-corrected chi connectivity index (χ0v) is 19.1. The average Bonchev–Trinajstić information content (AvgIpc) is 3.11. The van der Waals surface area contributed by atoms with Gasteiger partial charge in [-0.2, -0.15) is 0 Å². The van der Waals surface area contributed by atoms with Gasteiger partial charge < -0.3 is 25.2 Å². The Hall–Kier alpha value is -3.39. The molecule has 1 aliphatic rings. The van der Waals surface area contributed by atoms with Crippen LogP contribution in [0.2, 0.25) is 0 Å². The van der Waals surface area contributed by atoms with Crippen LogP contribution in [0.5, 0.6) is 0 Å². The molecule has 1 atom stereocenters. The average molecular weight is 455 g/mol. The molecule has 0 fully saturated rings. The second kappa shape index (κ2) is 10.5. The smallest absolute Gasteiger partial charge is 0.407 e. The van der Waals surface area contributed by atoms with Crippen molar-refractivity contribution >= 4 is 18.0 Å². The van der Waals surface area contributed by atoms with E-state index in [2.05, 4.69) is 22.8 Å². The summed E-state index contributed by atoms with van der Waals surface area (Å²) in [6, 6.07) is 15.1. The lowest BCUT2D eigenvalue weighted by Crippen LogP contribution is -2.50. The summed E-state index contributed by atoms with van der Waals surface area (Å²) in [6.45, 7) is 3.42. The van der Waals surface area contributed by atoms with Crippen LogP contribution in [0.1, 0.15) is 37.3 Å². The van der Waals surface area contributed by atoms with E-state index in [1.165, 1.54) is 7.11 Å². The quantitative estimate of drug-likeness (QED) is 0.508. The third-order valence-corrected chi connectivity index (χ3v) is 5.91. The molecule has 3 rings (SSSR count). The van der Waals surface area contributed by atoms with Gasteiger partial charge in [0.1, 0.15) is 12.6 Å². The number of carboxylic acid groups (broad SMARTS) is 1. The maximum atomic E-state index is 12.5. The fourth-order valence-electron chi connectivity index (χ4n) is 3.86. The van der Waals surface area contributed by atoms with E-state index in [0.717, 1.165) is 22.3 Å². The van der Waals surface area contributed by atoms with Crippen molar-refractivity contribution in [3.05, 3.63) is 59.7 Å². The van der Waals surface area contributed by atoms with E-state index in [9.17, 15) is 19.5 Å². The maximum absolute atomic E-state index is 12.5. The zero-order chi connectivity index (χ0) is 24.0. The van der Waals surface area contributed by atoms with Gasteiger partial charge in [-0.1, -0.05) is 48.5 Å². The van der Waals surface area contributed by atoms with Gasteiger partial charge in [-0.25, -0.2) is 4.79 Å². The molecule has 0 aromatic heterocycles. The zero-order valence-electron chi connectivity index (χ0n) is 19.1. The van der Waals surface area contributed by atoms with Gasteiger partial charge >= 0.3 is 12.1 Å². The van der Waals surface area contributed by atoms with Gasteiger partial charge in [0.05, 0.1) is 12.0 Å². The Kier molecular flexibility index (Phi) is 7.71. The van der Waals surface area contributed by atoms with Crippen LogP contribution < -0.4 is 10.6 Å². The summed E-state index contributed by atoms with van der Waals surface area (Å²) in [4.78, 5) is 36.2. The molecule has 2 amide bonds. The maximum Gasteiger partial charge on any atom is 0.407 e. The van der Waals surface area contributed by atoms with E-state index >= 15 is 0 Å². The molecule has 2 aromatic carbocycles. The highest BCUT2D eigenvalue weighted by molar-refractivity contribution is 5.86. The fraction of sp³-hybridized carbons (Fsp3) is 0.400. The first-order valence-electron chi connectivity index (χ1n) is 10.9. The molecular formula is C25H30N2O6. The third-order valence-electron chi connectivity index (χ3n) is 5.91. The third kappa shape index (κ3) is 5.70. The Balaban J connectivity index is 1.57. The lowest BCUT2D eigenvalue weighted by Gasteiger charge is -2.21. The highest BCUT2D eigenvalue weighted by Gasteiger charge is 2.30. The van der Waals surface area contributed by atoms with Gasteiger partial charge in [-0.05, 0) is 42.5 Å². The molecule has 8 nitrogen and oxygen atoms in total. The Morgan fingerprint density at radius 1 is 1.03 bits per heavy atom. The number of benzene rings is 2. The molecule has 3 N–H and O–H groups in total. The van der Waals surface area contributed by atoms with Crippen molar-refractivity contribution < 1.29 is 29.0 Å². The summed E-state index contributed by atoms with van der Waals surface area (Å²) in [5.41, 5.74) is 3.48. The number of amides is 2. The Morgan fingerprint density at radius 2 is 1.61 bits per heavy atom. The van der Waals surface area contributed by atoms with Crippen LogP contribution in [0.3, 0.4) is 0 Å². The van der Waals surface area contributed by atoms with Crippen molar-refractivity contribution in [2.45, 2.75) is 32.2 Å². The van der Waals surface area contributed by atoms with Crippen molar-refractivity contribution in [2.24, 2.45) is 5.41 Å². The molecule has 0 unspecified atom stereocenters. The molecule has 0 aliphatic heterocycles. The minimum absolute atomic E-state index is 0.0433. The molecule has 8 heteroatoms. The fourth-order valence-corrected chi connectivity index (χ4v) is 3.86. The molecular weight excluding hydrogens is 424 g/mol. The Labute approximate surface area is 193 Å². The van der Waals surface area contributed by atoms with Crippen LogP contribution in [-0.2, 0) is 19.1 Å². The summed E-state index contributed by atoms with van der Waals surface area (Å²) in [5, 5.41) is 14.4. The lowest BCUT2D eigenvalue weighted by molar-refractivity contribution is -0.147. The van der Waals surface area contributed by atoms with Gasteiger partial charge in [0.15, 0.2) is 0 Å². The number of methoxy groups -OCH3 is 1. The van der Waals surface area contributed by atoms with Gasteiger partial charge in [0.2, 0.25) is 5.91 Å². The number of nitrogens with one attached hydrogen (secondary N) is 2. The molecule has 0 saturated heterocycles. The molecule has 33 heavy (non-hydrogen) atoms. The second-order valence-electron chi connectivity index (χ2n) is 8.71. The predicted octanol–water partition coefficient (Wildman–Crippen LogP) is 3.16. The van der Waals surface area contributed by atoms with Gasteiger partial charge in [-0.3, -0.25) is 9.59 Å². The van der Waals surface area contributed by atoms with Crippen LogP contribution in [0.25, 0.3) is 11.1 Å². The van der Waals surface area contributed by atoms with Crippen LogP contribution in [0, 0.1) is 5.41 Å². The van der Waals surface area contributed by atoms with Crippen molar-refractivity contribution in [1.82, 2.24) is 10.6 Å². The number of alkyl carbamates (subject to hydrolysis) is 1. The topological polar surface area (TPSA) is 114 Å². The SMILES string of the molecule is COC[C@H](NC(=O)OCC1c2ccccc2-c2ccccc21)C(=O)NCCC(C)(C)C(=O)O. The van der Waals surface area contributed by atoms with E-state index in [1.54, 1.807) is 13.8 Å². The normalized spacial score (nSPS) is 13.5. The monoisotopic (exact) mass is 454 g/mol. The number of hydrogen-bond donors (Lipinski definition) is 3. The number of ether oxygens (including phenoxy) is 2. The molecule has 0 radical (unpaired) electrons. The van der Waals surface area contributed by atoms with Crippen LogP contribution in [-0.4, -0.2) is 56.0 Å². The minimum Gasteiger partial charge on any atom is -0.481 e. The van der Waals surface area contributed by atoms with Crippen LogP contribution in [0.4, 0.5) is 4.79 Å². The van der Waals surface area contributed by atoms with Crippen LogP contribution >= 0.6 is 0 Å². The van der Waals surface area contributed by atoms with E-state index in [1.807, 2.05) is 36.4 Å². The standard InChI is InChI=1S/C25H30N2O6/c1-25(2,23(29)30)12-13-26-22(28)21(15-32-3)27-24(31)33-14-20-18-10-6-4-8-16(18)17-9-5-7-11-19(17)20/h4-11,20-21H,12-15H2,1-3H3,(H,26,28)(H,27,31)(H,29,30)/t21-/m0/s1. The molecule has 0 heterocycles. The Bertz CT molecular complexity index is 974. The first-order valence-corrected chi connectivity index (χ1v) is 10.9. The number of carbonyl (C=O) groups is 3. The first kappa shape index (κ1) is 24.3. The summed E-state index contributed by atoms with van der Waals surface area (Å²) in [6.07, 6.45) is -0.474. The highest BCUT2D eigenvalue weighted by Crippen LogP contribution is 2.44. The molecule has 0 saturated carbocycles. The second-order valence-corrected chi connectivity index (χ2v) is 8.71. The van der Waals surface area contributed by atoms with Crippen molar-refractivity contribution in [3.63, 3.8) is 0 Å². The molecule has 2 aromatic rings. The lowest BCUT2D eigenvalue weighted by atomic mass is 9.90. The van der Waals surface area contributed by atoms with E-state index in [4.69, 9.17) is 9.47 Å². The summed E-state index contributed by atoms with van der Waals surface area (Å²) < 4.78 is 10.6. The highest BCUT2D eigenvalue weighted by atomic mass is 16.5. The molecule has 0 bridgehead atoms. The van der Waals surface area contributed by atoms with E-state index in [0.29, 0.717) is 0 Å². The summed E-state index contributed by atoms with van der Waals surface area (Å²) in [7, 11) is 1.42. The number of rotatable bonds is 10. The van der Waals surface area contributed by atoms with Gasteiger partial charge in [0.25, 0.3) is 0 Å². The number of carbonyl (C=O) groups excluding carboxylic acids is 2. The number of fused-ring (bicyclic) bond motifs is 3. The molecule has 176 valence electrons. The molecule has 1 aliphatic carbocycles. The van der Waals surface area contributed by atoms with E-state index < -0.39 is 29.4 Å². The van der Waals surface area contributed by atoms with Crippen molar-refractivity contribution in [1.29, 1.82) is 0 Å². The Morgan fingerprint density at radius 3 is 2.15 bits per heavy atom. The van der Waals surface area contributed by atoms with Crippen LogP contribution in [0.15, 0.2) is 48.5 Å². The number of carboxylic acids is 1. The van der Waals surface area contributed by atoms with Crippen molar-refractivity contribution in [3.8, 4) is 11.1 Å². The number of hydrogen-bond acceptors (Lipinski definition) is 5. The molecule has 0 spiro atoms. The first-order chi connectivity index (χ1) is 15.7.